The van der Waals surface area contributed by atoms with E-state index in [1.807, 2.05) is 45.0 Å². The highest BCUT2D eigenvalue weighted by atomic mass is 32.2. The standard InChI is InChI=1S/C23H27NO4S/c1-4-5-6-19-15-21(23(25)26)22(18-11-7-16(2)8-12-18)24(19)29(27,28)20-13-9-17(3)10-14-20/h7-15,19,22H,4-6H2,1-3H3,(H,25,26)/t19-,22+/m1/s1. The third-order valence-electron chi connectivity index (χ3n) is 5.34. The van der Waals surface area contributed by atoms with Gasteiger partial charge in [0.15, 0.2) is 0 Å². The molecule has 2 atom stereocenters. The molecule has 0 saturated heterocycles. The van der Waals surface area contributed by atoms with Gasteiger partial charge in [0.25, 0.3) is 0 Å². The van der Waals surface area contributed by atoms with Gasteiger partial charge in [0, 0.05) is 6.04 Å². The number of benzene rings is 2. The lowest BCUT2D eigenvalue weighted by atomic mass is 10.00. The first-order chi connectivity index (χ1) is 13.8. The summed E-state index contributed by atoms with van der Waals surface area (Å²) in [6.45, 7) is 5.87. The molecule has 2 aromatic carbocycles. The summed E-state index contributed by atoms with van der Waals surface area (Å²) in [5.74, 6) is -1.08. The molecule has 0 saturated carbocycles. The van der Waals surface area contributed by atoms with E-state index in [2.05, 4.69) is 0 Å². The molecule has 0 unspecified atom stereocenters. The van der Waals surface area contributed by atoms with Crippen molar-refractivity contribution in [1.82, 2.24) is 4.31 Å². The van der Waals surface area contributed by atoms with Crippen LogP contribution >= 0.6 is 0 Å². The molecule has 6 heteroatoms. The summed E-state index contributed by atoms with van der Waals surface area (Å²) in [4.78, 5) is 12.2. The van der Waals surface area contributed by atoms with Crippen molar-refractivity contribution >= 4 is 16.0 Å². The number of aryl methyl sites for hydroxylation is 2. The lowest BCUT2D eigenvalue weighted by Gasteiger charge is -2.31. The summed E-state index contributed by atoms with van der Waals surface area (Å²) in [5, 5.41) is 9.84. The Bertz CT molecular complexity index is 1010. The zero-order valence-corrected chi connectivity index (χ0v) is 17.8. The van der Waals surface area contributed by atoms with Gasteiger partial charge < -0.3 is 5.11 Å². The molecular formula is C23H27NO4S. The van der Waals surface area contributed by atoms with Gasteiger partial charge in [0.05, 0.1) is 16.5 Å². The maximum atomic E-state index is 13.6. The van der Waals surface area contributed by atoms with Crippen molar-refractivity contribution < 1.29 is 18.3 Å². The minimum Gasteiger partial charge on any atom is -0.478 e. The van der Waals surface area contributed by atoms with E-state index in [0.29, 0.717) is 12.0 Å². The third-order valence-corrected chi connectivity index (χ3v) is 7.24. The van der Waals surface area contributed by atoms with Gasteiger partial charge in [-0.25, -0.2) is 13.2 Å². The number of carbonyl (C=O) groups is 1. The average Bonchev–Trinajstić information content (AvgIpc) is 3.08. The van der Waals surface area contributed by atoms with Gasteiger partial charge in [-0.3, -0.25) is 0 Å². The summed E-state index contributed by atoms with van der Waals surface area (Å²) >= 11 is 0. The third kappa shape index (κ3) is 4.28. The van der Waals surface area contributed by atoms with Crippen molar-refractivity contribution in [2.24, 2.45) is 0 Å². The molecule has 0 amide bonds. The molecule has 2 aromatic rings. The highest BCUT2D eigenvalue weighted by Crippen LogP contribution is 2.42. The smallest absolute Gasteiger partial charge is 0.333 e. The fourth-order valence-electron chi connectivity index (χ4n) is 3.74. The van der Waals surface area contributed by atoms with Crippen LogP contribution in [0.5, 0.6) is 0 Å². The van der Waals surface area contributed by atoms with Crippen LogP contribution in [0.15, 0.2) is 65.1 Å². The summed E-state index contributed by atoms with van der Waals surface area (Å²) < 4.78 is 28.7. The van der Waals surface area contributed by atoms with E-state index in [1.165, 1.54) is 4.31 Å². The van der Waals surface area contributed by atoms with Gasteiger partial charge in [0.1, 0.15) is 0 Å². The Labute approximate surface area is 172 Å². The van der Waals surface area contributed by atoms with Crippen LogP contribution in [0, 0.1) is 13.8 Å². The Morgan fingerprint density at radius 2 is 1.55 bits per heavy atom. The minimum atomic E-state index is -3.89. The summed E-state index contributed by atoms with van der Waals surface area (Å²) in [7, 11) is -3.89. The predicted molar refractivity (Wildman–Crippen MR) is 113 cm³/mol. The molecule has 154 valence electrons. The number of sulfonamides is 1. The van der Waals surface area contributed by atoms with E-state index in [4.69, 9.17) is 0 Å². The van der Waals surface area contributed by atoms with Crippen LogP contribution in [-0.4, -0.2) is 29.8 Å². The van der Waals surface area contributed by atoms with E-state index in [9.17, 15) is 18.3 Å². The molecule has 5 nitrogen and oxygen atoms in total. The molecule has 0 bridgehead atoms. The number of hydrogen-bond donors (Lipinski definition) is 1. The van der Waals surface area contributed by atoms with E-state index in [1.54, 1.807) is 30.3 Å². The molecule has 0 aliphatic carbocycles. The van der Waals surface area contributed by atoms with E-state index >= 15 is 0 Å². The van der Waals surface area contributed by atoms with E-state index < -0.39 is 28.1 Å². The number of aliphatic carboxylic acids is 1. The Morgan fingerprint density at radius 3 is 2.07 bits per heavy atom. The molecule has 1 aliphatic heterocycles. The van der Waals surface area contributed by atoms with E-state index in [0.717, 1.165) is 24.0 Å². The number of unbranched alkanes of at least 4 members (excludes halogenated alkanes) is 1. The number of hydrogen-bond acceptors (Lipinski definition) is 3. The van der Waals surface area contributed by atoms with Crippen LogP contribution in [0.4, 0.5) is 0 Å². The quantitative estimate of drug-likeness (QED) is 0.719. The molecule has 1 N–H and O–H groups in total. The van der Waals surface area contributed by atoms with Crippen molar-refractivity contribution in [2.75, 3.05) is 0 Å². The molecule has 0 fully saturated rings. The van der Waals surface area contributed by atoms with Crippen LogP contribution in [0.3, 0.4) is 0 Å². The monoisotopic (exact) mass is 413 g/mol. The SMILES string of the molecule is CCCC[C@@H]1C=C(C(=O)O)[C@H](c2ccc(C)cc2)N1S(=O)(=O)c1ccc(C)cc1. The lowest BCUT2D eigenvalue weighted by Crippen LogP contribution is -2.39. The van der Waals surface area contributed by atoms with Crippen LogP contribution in [0.25, 0.3) is 0 Å². The molecule has 0 aromatic heterocycles. The highest BCUT2D eigenvalue weighted by molar-refractivity contribution is 7.89. The van der Waals surface area contributed by atoms with Gasteiger partial charge >= 0.3 is 5.97 Å². The number of nitrogens with zero attached hydrogens (tertiary/aromatic N) is 1. The molecule has 3 rings (SSSR count). The molecule has 1 heterocycles. The second kappa shape index (κ2) is 8.51. The Hall–Kier alpha value is -2.44. The first-order valence-corrected chi connectivity index (χ1v) is 11.3. The number of carboxylic acid groups (broad SMARTS) is 1. The largest absolute Gasteiger partial charge is 0.478 e. The molecule has 29 heavy (non-hydrogen) atoms. The van der Waals surface area contributed by atoms with Crippen LogP contribution in [0.2, 0.25) is 0 Å². The van der Waals surface area contributed by atoms with Gasteiger partial charge in [0.2, 0.25) is 10.0 Å². The molecule has 1 aliphatic rings. The van der Waals surface area contributed by atoms with Crippen LogP contribution in [-0.2, 0) is 14.8 Å². The maximum absolute atomic E-state index is 13.6. The fraction of sp³-hybridized carbons (Fsp3) is 0.348. The van der Waals surface area contributed by atoms with Gasteiger partial charge in [-0.15, -0.1) is 0 Å². The Morgan fingerprint density at radius 1 is 1.00 bits per heavy atom. The van der Waals surface area contributed by atoms with Crippen molar-refractivity contribution in [3.8, 4) is 0 Å². The predicted octanol–water partition coefficient (Wildman–Crippen LogP) is 4.62. The van der Waals surface area contributed by atoms with E-state index in [-0.39, 0.29) is 10.5 Å². The first-order valence-electron chi connectivity index (χ1n) is 9.87. The Kier molecular flexibility index (Phi) is 6.24. The van der Waals surface area contributed by atoms with Crippen molar-refractivity contribution in [1.29, 1.82) is 0 Å². The Balaban J connectivity index is 2.15. The molecule has 0 radical (unpaired) electrons. The van der Waals surface area contributed by atoms with Gasteiger partial charge in [-0.1, -0.05) is 73.4 Å². The number of rotatable bonds is 7. The van der Waals surface area contributed by atoms with Crippen LogP contribution in [0.1, 0.15) is 48.9 Å². The molecule has 0 spiro atoms. The van der Waals surface area contributed by atoms with Crippen molar-refractivity contribution in [3.05, 3.63) is 76.9 Å². The number of carboxylic acids is 1. The average molecular weight is 414 g/mol. The lowest BCUT2D eigenvalue weighted by molar-refractivity contribution is -0.133. The summed E-state index contributed by atoms with van der Waals surface area (Å²) in [5.41, 5.74) is 2.78. The summed E-state index contributed by atoms with van der Waals surface area (Å²) in [6.07, 6.45) is 3.92. The van der Waals surface area contributed by atoms with Crippen molar-refractivity contribution in [2.45, 2.75) is 57.0 Å². The van der Waals surface area contributed by atoms with Crippen LogP contribution < -0.4 is 0 Å². The minimum absolute atomic E-state index is 0.116. The second-order valence-electron chi connectivity index (χ2n) is 7.60. The van der Waals surface area contributed by atoms with Gasteiger partial charge in [-0.2, -0.15) is 4.31 Å². The maximum Gasteiger partial charge on any atom is 0.333 e. The normalized spacial score (nSPS) is 19.9. The van der Waals surface area contributed by atoms with Gasteiger partial charge in [-0.05, 0) is 38.0 Å². The summed E-state index contributed by atoms with van der Waals surface area (Å²) in [6, 6.07) is 12.8. The fourth-order valence-corrected chi connectivity index (χ4v) is 5.50. The highest BCUT2D eigenvalue weighted by Gasteiger charge is 2.45. The van der Waals surface area contributed by atoms with Crippen molar-refractivity contribution in [3.63, 3.8) is 0 Å². The molecular weight excluding hydrogens is 386 g/mol. The topological polar surface area (TPSA) is 74.7 Å². The zero-order chi connectivity index (χ0) is 21.2. The first kappa shape index (κ1) is 21.3. The second-order valence-corrected chi connectivity index (χ2v) is 9.44. The zero-order valence-electron chi connectivity index (χ0n) is 17.0.